The fourth-order valence-corrected chi connectivity index (χ4v) is 3.46. The molecule has 1 aliphatic rings. The van der Waals surface area contributed by atoms with Gasteiger partial charge in [0, 0.05) is 18.7 Å². The average molecular weight is 279 g/mol. The van der Waals surface area contributed by atoms with Crippen molar-refractivity contribution in [3.63, 3.8) is 0 Å². The summed E-state index contributed by atoms with van der Waals surface area (Å²) in [6.45, 7) is 1.00. The molecule has 100 valence electrons. The highest BCUT2D eigenvalue weighted by molar-refractivity contribution is 7.22. The lowest BCUT2D eigenvalue weighted by atomic mass is 10.2. The zero-order valence-electron chi connectivity index (χ0n) is 10.2. The molecule has 0 unspecified atom stereocenters. The van der Waals surface area contributed by atoms with Gasteiger partial charge in [0.15, 0.2) is 5.13 Å². The SMILES string of the molecule is O=[N+]([O-])c1ccc2sc(N3CCC[C@H]3CO)nc2c1. The molecule has 1 aromatic carbocycles. The van der Waals surface area contributed by atoms with Crippen LogP contribution in [0.25, 0.3) is 10.2 Å². The van der Waals surface area contributed by atoms with E-state index in [1.165, 1.54) is 23.5 Å². The zero-order valence-corrected chi connectivity index (χ0v) is 11.0. The Morgan fingerprint density at radius 2 is 2.42 bits per heavy atom. The molecule has 0 aliphatic carbocycles. The summed E-state index contributed by atoms with van der Waals surface area (Å²) in [6, 6.07) is 4.85. The van der Waals surface area contributed by atoms with Crippen molar-refractivity contribution in [2.45, 2.75) is 18.9 Å². The van der Waals surface area contributed by atoms with Gasteiger partial charge in [0.05, 0.1) is 27.8 Å². The molecule has 3 rings (SSSR count). The third-order valence-corrected chi connectivity index (χ3v) is 4.48. The minimum Gasteiger partial charge on any atom is -0.394 e. The van der Waals surface area contributed by atoms with Gasteiger partial charge in [-0.2, -0.15) is 0 Å². The smallest absolute Gasteiger partial charge is 0.271 e. The highest BCUT2D eigenvalue weighted by atomic mass is 32.1. The summed E-state index contributed by atoms with van der Waals surface area (Å²) in [6.07, 6.45) is 2.01. The van der Waals surface area contributed by atoms with E-state index in [1.54, 1.807) is 6.07 Å². The van der Waals surface area contributed by atoms with Gasteiger partial charge in [-0.1, -0.05) is 11.3 Å². The third kappa shape index (κ3) is 2.15. The van der Waals surface area contributed by atoms with Crippen molar-refractivity contribution >= 4 is 32.4 Å². The van der Waals surface area contributed by atoms with E-state index < -0.39 is 4.92 Å². The molecule has 0 saturated carbocycles. The number of nitrogens with zero attached hydrogens (tertiary/aromatic N) is 3. The van der Waals surface area contributed by atoms with Crippen molar-refractivity contribution < 1.29 is 10.0 Å². The highest BCUT2D eigenvalue weighted by Crippen LogP contribution is 2.34. The van der Waals surface area contributed by atoms with E-state index in [0.29, 0.717) is 5.52 Å². The number of hydrogen-bond donors (Lipinski definition) is 1. The molecule has 19 heavy (non-hydrogen) atoms. The first-order valence-corrected chi connectivity index (χ1v) is 6.93. The first-order chi connectivity index (χ1) is 9.19. The Labute approximate surface area is 113 Å². The van der Waals surface area contributed by atoms with Gasteiger partial charge in [-0.05, 0) is 18.9 Å². The van der Waals surface area contributed by atoms with Gasteiger partial charge in [-0.3, -0.25) is 10.1 Å². The Hall–Kier alpha value is -1.73. The minimum absolute atomic E-state index is 0.0597. The van der Waals surface area contributed by atoms with Gasteiger partial charge >= 0.3 is 0 Å². The number of hydrogen-bond acceptors (Lipinski definition) is 6. The molecule has 7 heteroatoms. The monoisotopic (exact) mass is 279 g/mol. The molecule has 1 aliphatic heterocycles. The molecule has 1 saturated heterocycles. The molecule has 2 aromatic rings. The summed E-state index contributed by atoms with van der Waals surface area (Å²) >= 11 is 1.52. The van der Waals surface area contributed by atoms with Gasteiger partial charge in [-0.25, -0.2) is 4.98 Å². The van der Waals surface area contributed by atoms with Crippen LogP contribution >= 0.6 is 11.3 Å². The van der Waals surface area contributed by atoms with Gasteiger partial charge < -0.3 is 10.0 Å². The molecule has 0 radical (unpaired) electrons. The van der Waals surface area contributed by atoms with Crippen LogP contribution in [0.5, 0.6) is 0 Å². The lowest BCUT2D eigenvalue weighted by molar-refractivity contribution is -0.384. The molecule has 1 N–H and O–H groups in total. The van der Waals surface area contributed by atoms with E-state index in [0.717, 1.165) is 29.2 Å². The van der Waals surface area contributed by atoms with Crippen molar-refractivity contribution in [2.24, 2.45) is 0 Å². The summed E-state index contributed by atoms with van der Waals surface area (Å²) in [7, 11) is 0. The Balaban J connectivity index is 1.99. The number of benzene rings is 1. The largest absolute Gasteiger partial charge is 0.394 e. The number of non-ortho nitro benzene ring substituents is 1. The third-order valence-electron chi connectivity index (χ3n) is 3.40. The Kier molecular flexibility index (Phi) is 3.08. The fraction of sp³-hybridized carbons (Fsp3) is 0.417. The number of nitro groups is 1. The molecule has 2 heterocycles. The van der Waals surface area contributed by atoms with E-state index >= 15 is 0 Å². The van der Waals surface area contributed by atoms with Crippen LogP contribution in [0.3, 0.4) is 0 Å². The molecular weight excluding hydrogens is 266 g/mol. The number of fused-ring (bicyclic) bond motifs is 1. The minimum atomic E-state index is -0.412. The topological polar surface area (TPSA) is 79.5 Å². The van der Waals surface area contributed by atoms with E-state index in [2.05, 4.69) is 9.88 Å². The van der Waals surface area contributed by atoms with Crippen LogP contribution in [0.4, 0.5) is 10.8 Å². The van der Waals surface area contributed by atoms with E-state index in [1.807, 2.05) is 0 Å². The Morgan fingerprint density at radius 1 is 1.58 bits per heavy atom. The Bertz CT molecular complexity index is 628. The highest BCUT2D eigenvalue weighted by Gasteiger charge is 2.26. The second-order valence-electron chi connectivity index (χ2n) is 4.58. The Morgan fingerprint density at radius 3 is 3.16 bits per heavy atom. The van der Waals surface area contributed by atoms with Gasteiger partial charge in [0.25, 0.3) is 5.69 Å². The number of nitro benzene ring substituents is 1. The van der Waals surface area contributed by atoms with Crippen LogP contribution in [0.1, 0.15) is 12.8 Å². The predicted octanol–water partition coefficient (Wildman–Crippen LogP) is 2.17. The van der Waals surface area contributed by atoms with Gasteiger partial charge in [0.1, 0.15) is 0 Å². The van der Waals surface area contributed by atoms with Crippen LogP contribution in [0.15, 0.2) is 18.2 Å². The number of rotatable bonds is 3. The molecule has 1 fully saturated rings. The lowest BCUT2D eigenvalue weighted by Gasteiger charge is -2.21. The molecule has 1 atom stereocenters. The van der Waals surface area contributed by atoms with Crippen molar-refractivity contribution in [2.75, 3.05) is 18.1 Å². The summed E-state index contributed by atoms with van der Waals surface area (Å²) in [5.74, 6) is 0. The van der Waals surface area contributed by atoms with Crippen LogP contribution in [-0.2, 0) is 0 Å². The lowest BCUT2D eigenvalue weighted by Crippen LogP contribution is -2.31. The van der Waals surface area contributed by atoms with Crippen molar-refractivity contribution in [3.05, 3.63) is 28.3 Å². The average Bonchev–Trinajstić information content (AvgIpc) is 3.03. The van der Waals surface area contributed by atoms with E-state index in [4.69, 9.17) is 0 Å². The summed E-state index contributed by atoms with van der Waals surface area (Å²) in [4.78, 5) is 16.9. The molecule has 6 nitrogen and oxygen atoms in total. The molecule has 0 bridgehead atoms. The van der Waals surface area contributed by atoms with Crippen LogP contribution in [-0.4, -0.2) is 34.2 Å². The first-order valence-electron chi connectivity index (χ1n) is 6.11. The second-order valence-corrected chi connectivity index (χ2v) is 5.59. The number of anilines is 1. The molecule has 0 spiro atoms. The standard InChI is InChI=1S/C12H13N3O3S/c16-7-9-2-1-5-14(9)12-13-10-6-8(15(17)18)3-4-11(10)19-12/h3-4,6,9,16H,1-2,5,7H2/t9-/m0/s1. The van der Waals surface area contributed by atoms with Gasteiger partial charge in [0.2, 0.25) is 0 Å². The fourth-order valence-electron chi connectivity index (χ4n) is 2.42. The maximum absolute atomic E-state index is 10.7. The van der Waals surface area contributed by atoms with Crippen LogP contribution in [0, 0.1) is 10.1 Å². The maximum Gasteiger partial charge on any atom is 0.271 e. The van der Waals surface area contributed by atoms with Crippen molar-refractivity contribution in [1.29, 1.82) is 0 Å². The van der Waals surface area contributed by atoms with Gasteiger partial charge in [-0.15, -0.1) is 0 Å². The number of aliphatic hydroxyl groups excluding tert-OH is 1. The maximum atomic E-state index is 10.7. The van der Waals surface area contributed by atoms with E-state index in [9.17, 15) is 15.2 Å². The first kappa shape index (κ1) is 12.3. The summed E-state index contributed by atoms with van der Waals surface area (Å²) < 4.78 is 0.934. The summed E-state index contributed by atoms with van der Waals surface area (Å²) in [5.41, 5.74) is 0.710. The van der Waals surface area contributed by atoms with Crippen molar-refractivity contribution in [1.82, 2.24) is 4.98 Å². The quantitative estimate of drug-likeness (QED) is 0.688. The summed E-state index contributed by atoms with van der Waals surface area (Å²) in [5, 5.41) is 20.9. The number of aromatic nitrogens is 1. The van der Waals surface area contributed by atoms with Crippen molar-refractivity contribution in [3.8, 4) is 0 Å². The van der Waals surface area contributed by atoms with E-state index in [-0.39, 0.29) is 18.3 Å². The number of thiazole rings is 1. The molecular formula is C12H13N3O3S. The second kappa shape index (κ2) is 4.75. The number of aliphatic hydroxyl groups is 1. The normalized spacial score (nSPS) is 19.2. The van der Waals surface area contributed by atoms with Crippen LogP contribution in [0.2, 0.25) is 0 Å². The molecule has 0 amide bonds. The predicted molar refractivity (Wildman–Crippen MR) is 73.7 cm³/mol. The zero-order chi connectivity index (χ0) is 13.4. The molecule has 1 aromatic heterocycles. The van der Waals surface area contributed by atoms with Crippen LogP contribution < -0.4 is 4.90 Å².